The summed E-state index contributed by atoms with van der Waals surface area (Å²) in [4.78, 5) is 0. The number of benzene rings is 1. The Morgan fingerprint density at radius 2 is 1.72 bits per heavy atom. The lowest BCUT2D eigenvalue weighted by atomic mass is 9.83. The van der Waals surface area contributed by atoms with Crippen molar-refractivity contribution in [1.29, 1.82) is 0 Å². The van der Waals surface area contributed by atoms with E-state index in [-0.39, 0.29) is 11.0 Å². The van der Waals surface area contributed by atoms with Gasteiger partial charge < -0.3 is 5.32 Å². The third kappa shape index (κ3) is 5.24. The SMILES string of the molecule is C=CC(C)(CNC(C)(C)C)Cc1ccc(Cl)cc1. The van der Waals surface area contributed by atoms with Gasteiger partial charge in [-0.2, -0.15) is 0 Å². The number of hydrogen-bond donors (Lipinski definition) is 1. The van der Waals surface area contributed by atoms with Crippen LogP contribution < -0.4 is 5.32 Å². The van der Waals surface area contributed by atoms with Gasteiger partial charge in [0.1, 0.15) is 0 Å². The van der Waals surface area contributed by atoms with Crippen molar-refractivity contribution in [2.24, 2.45) is 5.41 Å². The lowest BCUT2D eigenvalue weighted by Crippen LogP contribution is -2.43. The van der Waals surface area contributed by atoms with E-state index in [1.165, 1.54) is 5.56 Å². The van der Waals surface area contributed by atoms with E-state index in [0.717, 1.165) is 18.0 Å². The first-order chi connectivity index (χ1) is 8.24. The summed E-state index contributed by atoms with van der Waals surface area (Å²) < 4.78 is 0. The summed E-state index contributed by atoms with van der Waals surface area (Å²) in [7, 11) is 0. The molecule has 18 heavy (non-hydrogen) atoms. The number of halogens is 1. The smallest absolute Gasteiger partial charge is 0.0406 e. The van der Waals surface area contributed by atoms with E-state index in [1.807, 2.05) is 18.2 Å². The lowest BCUT2D eigenvalue weighted by Gasteiger charge is -2.31. The van der Waals surface area contributed by atoms with Gasteiger partial charge >= 0.3 is 0 Å². The first-order valence-electron chi connectivity index (χ1n) is 6.37. The van der Waals surface area contributed by atoms with Crippen LogP contribution >= 0.6 is 11.6 Å². The largest absolute Gasteiger partial charge is 0.311 e. The van der Waals surface area contributed by atoms with Gasteiger partial charge in [-0.15, -0.1) is 6.58 Å². The minimum Gasteiger partial charge on any atom is -0.311 e. The van der Waals surface area contributed by atoms with Crippen LogP contribution in [0.1, 0.15) is 33.3 Å². The van der Waals surface area contributed by atoms with Gasteiger partial charge in [0.15, 0.2) is 0 Å². The lowest BCUT2D eigenvalue weighted by molar-refractivity contribution is 0.322. The number of rotatable bonds is 5. The van der Waals surface area contributed by atoms with Crippen LogP contribution in [0.5, 0.6) is 0 Å². The molecule has 0 spiro atoms. The molecule has 1 rings (SSSR count). The molecule has 0 fully saturated rings. The predicted octanol–water partition coefficient (Wildman–Crippen LogP) is 4.46. The Kier molecular flexibility index (Phi) is 5.01. The van der Waals surface area contributed by atoms with E-state index < -0.39 is 0 Å². The molecule has 1 nitrogen and oxygen atoms in total. The zero-order chi connectivity index (χ0) is 13.8. The van der Waals surface area contributed by atoms with Gasteiger partial charge in [-0.3, -0.25) is 0 Å². The van der Waals surface area contributed by atoms with Gasteiger partial charge in [-0.05, 0) is 44.9 Å². The van der Waals surface area contributed by atoms with Crippen molar-refractivity contribution >= 4 is 11.6 Å². The molecule has 0 radical (unpaired) electrons. The standard InChI is InChI=1S/C16H24ClN/c1-6-16(5,12-18-15(2,3)4)11-13-7-9-14(17)10-8-13/h6-10,18H,1,11-12H2,2-5H3. The summed E-state index contributed by atoms with van der Waals surface area (Å²) in [5.41, 5.74) is 1.48. The Bertz CT molecular complexity index is 389. The van der Waals surface area contributed by atoms with Gasteiger partial charge in [-0.1, -0.05) is 36.7 Å². The molecular formula is C16H24ClN. The van der Waals surface area contributed by atoms with Crippen LogP contribution in [0.4, 0.5) is 0 Å². The second-order valence-electron chi connectivity index (χ2n) is 6.26. The van der Waals surface area contributed by atoms with Crippen LogP contribution in [0.2, 0.25) is 5.02 Å². The van der Waals surface area contributed by atoms with Crippen LogP contribution in [0.25, 0.3) is 0 Å². The molecule has 1 aromatic rings. The Morgan fingerprint density at radius 1 is 1.17 bits per heavy atom. The van der Waals surface area contributed by atoms with Gasteiger partial charge in [0.25, 0.3) is 0 Å². The third-order valence-corrected chi connectivity index (χ3v) is 3.29. The highest BCUT2D eigenvalue weighted by Crippen LogP contribution is 2.24. The molecule has 0 heterocycles. The van der Waals surface area contributed by atoms with Crippen LogP contribution in [0.15, 0.2) is 36.9 Å². The van der Waals surface area contributed by atoms with Crippen molar-refractivity contribution in [2.45, 2.75) is 39.7 Å². The summed E-state index contributed by atoms with van der Waals surface area (Å²) in [6, 6.07) is 8.05. The fourth-order valence-corrected chi connectivity index (χ4v) is 1.87. The van der Waals surface area contributed by atoms with E-state index in [0.29, 0.717) is 0 Å². The number of nitrogens with one attached hydrogen (secondary N) is 1. The van der Waals surface area contributed by atoms with Crippen LogP contribution in [-0.4, -0.2) is 12.1 Å². The monoisotopic (exact) mass is 265 g/mol. The molecule has 1 atom stereocenters. The Hall–Kier alpha value is -0.790. The molecule has 0 aliphatic heterocycles. The van der Waals surface area contributed by atoms with E-state index in [9.17, 15) is 0 Å². The second kappa shape index (κ2) is 5.90. The topological polar surface area (TPSA) is 12.0 Å². The zero-order valence-electron chi connectivity index (χ0n) is 11.9. The summed E-state index contributed by atoms with van der Waals surface area (Å²) in [5, 5.41) is 4.33. The first-order valence-corrected chi connectivity index (χ1v) is 6.75. The van der Waals surface area contributed by atoms with Crippen LogP contribution in [0.3, 0.4) is 0 Å². The molecule has 1 N–H and O–H groups in total. The molecule has 0 aliphatic carbocycles. The fourth-order valence-electron chi connectivity index (χ4n) is 1.74. The van der Waals surface area contributed by atoms with E-state index in [2.05, 4.69) is 51.7 Å². The molecule has 2 heteroatoms. The van der Waals surface area contributed by atoms with Crippen molar-refractivity contribution in [3.8, 4) is 0 Å². The minimum absolute atomic E-state index is 0.0567. The molecule has 0 saturated carbocycles. The molecule has 1 aromatic carbocycles. The number of hydrogen-bond acceptors (Lipinski definition) is 1. The van der Waals surface area contributed by atoms with Gasteiger partial charge in [0.05, 0.1) is 0 Å². The maximum Gasteiger partial charge on any atom is 0.0406 e. The molecule has 100 valence electrons. The average Bonchev–Trinajstić information content (AvgIpc) is 2.29. The Morgan fingerprint density at radius 3 is 2.17 bits per heavy atom. The highest BCUT2D eigenvalue weighted by Gasteiger charge is 2.23. The molecule has 0 bridgehead atoms. The maximum atomic E-state index is 5.91. The van der Waals surface area contributed by atoms with Crippen LogP contribution in [0, 0.1) is 5.41 Å². The van der Waals surface area contributed by atoms with Crippen molar-refractivity contribution < 1.29 is 0 Å². The fraction of sp³-hybridized carbons (Fsp3) is 0.500. The van der Waals surface area contributed by atoms with Crippen LogP contribution in [-0.2, 0) is 6.42 Å². The Balaban J connectivity index is 2.70. The van der Waals surface area contributed by atoms with E-state index in [4.69, 9.17) is 11.6 Å². The predicted molar refractivity (Wildman–Crippen MR) is 81.2 cm³/mol. The average molecular weight is 266 g/mol. The zero-order valence-corrected chi connectivity index (χ0v) is 12.6. The Labute approximate surface area is 116 Å². The van der Waals surface area contributed by atoms with Gasteiger partial charge in [0.2, 0.25) is 0 Å². The highest BCUT2D eigenvalue weighted by molar-refractivity contribution is 6.30. The normalized spacial score (nSPS) is 15.2. The van der Waals surface area contributed by atoms with Gasteiger partial charge in [0, 0.05) is 22.5 Å². The molecule has 0 saturated heterocycles. The molecule has 0 aromatic heterocycles. The van der Waals surface area contributed by atoms with Crippen molar-refractivity contribution in [3.05, 3.63) is 47.5 Å². The van der Waals surface area contributed by atoms with E-state index >= 15 is 0 Å². The summed E-state index contributed by atoms with van der Waals surface area (Å²) in [5.74, 6) is 0. The summed E-state index contributed by atoms with van der Waals surface area (Å²) in [6.07, 6.45) is 3.01. The maximum absolute atomic E-state index is 5.91. The minimum atomic E-state index is 0.0567. The molecule has 1 unspecified atom stereocenters. The molecular weight excluding hydrogens is 242 g/mol. The third-order valence-electron chi connectivity index (χ3n) is 3.04. The molecule has 0 amide bonds. The van der Waals surface area contributed by atoms with Crippen molar-refractivity contribution in [1.82, 2.24) is 5.32 Å². The summed E-state index contributed by atoms with van der Waals surface area (Å²) >= 11 is 5.91. The summed E-state index contributed by atoms with van der Waals surface area (Å²) in [6.45, 7) is 13.7. The van der Waals surface area contributed by atoms with E-state index in [1.54, 1.807) is 0 Å². The van der Waals surface area contributed by atoms with Crippen molar-refractivity contribution in [3.63, 3.8) is 0 Å². The first kappa shape index (κ1) is 15.3. The highest BCUT2D eigenvalue weighted by atomic mass is 35.5. The quantitative estimate of drug-likeness (QED) is 0.775. The molecule has 0 aliphatic rings. The second-order valence-corrected chi connectivity index (χ2v) is 6.70. The van der Waals surface area contributed by atoms with Crippen molar-refractivity contribution in [2.75, 3.05) is 6.54 Å². The van der Waals surface area contributed by atoms with Gasteiger partial charge in [-0.25, -0.2) is 0 Å².